The van der Waals surface area contributed by atoms with Crippen molar-refractivity contribution in [1.29, 1.82) is 0 Å². The van der Waals surface area contributed by atoms with Gasteiger partial charge in [0.25, 0.3) is 5.91 Å². The molecule has 0 aliphatic rings. The average molecular weight is 271 g/mol. The van der Waals surface area contributed by atoms with Crippen molar-refractivity contribution in [2.75, 3.05) is 20.2 Å². The molecule has 1 heterocycles. The third kappa shape index (κ3) is 4.12. The van der Waals surface area contributed by atoms with E-state index in [0.717, 1.165) is 11.3 Å². The molecule has 1 N–H and O–H groups in total. The molecule has 0 fully saturated rings. The van der Waals surface area contributed by atoms with Gasteiger partial charge in [-0.15, -0.1) is 11.3 Å². The molecular weight excluding hydrogens is 254 g/mol. The number of rotatable bonds is 6. The lowest BCUT2D eigenvalue weighted by Gasteiger charge is -2.17. The van der Waals surface area contributed by atoms with Crippen LogP contribution in [0.2, 0.25) is 0 Å². The van der Waals surface area contributed by atoms with Crippen LogP contribution >= 0.6 is 11.3 Å². The maximum absolute atomic E-state index is 11.9. The van der Waals surface area contributed by atoms with E-state index in [1.807, 2.05) is 13.8 Å². The molecule has 0 aliphatic carbocycles. The van der Waals surface area contributed by atoms with Crippen molar-refractivity contribution in [3.05, 3.63) is 21.9 Å². The van der Waals surface area contributed by atoms with Crippen LogP contribution in [0.4, 0.5) is 0 Å². The van der Waals surface area contributed by atoms with E-state index in [0.29, 0.717) is 18.0 Å². The Morgan fingerprint density at radius 1 is 1.39 bits per heavy atom. The number of carboxylic acids is 1. The molecule has 0 atom stereocenters. The number of carbonyl (C=O) groups excluding carboxylic acids is 1. The van der Waals surface area contributed by atoms with Crippen molar-refractivity contribution in [3.63, 3.8) is 0 Å². The Hall–Kier alpha value is -1.40. The standard InChI is InChI=1S/C12H17NO4S/c1-8(2)17-7-6-13(3)11(14)9-4-5-10(18-9)12(15)16/h4-5,8H,6-7H2,1-3H3,(H,15,16). The lowest BCUT2D eigenvalue weighted by molar-refractivity contribution is 0.0534. The van der Waals surface area contributed by atoms with E-state index in [-0.39, 0.29) is 16.9 Å². The van der Waals surface area contributed by atoms with Gasteiger partial charge < -0.3 is 14.7 Å². The summed E-state index contributed by atoms with van der Waals surface area (Å²) >= 11 is 0.986. The van der Waals surface area contributed by atoms with Crippen molar-refractivity contribution in [3.8, 4) is 0 Å². The highest BCUT2D eigenvalue weighted by molar-refractivity contribution is 7.15. The number of carbonyl (C=O) groups is 2. The van der Waals surface area contributed by atoms with Crippen LogP contribution in [-0.2, 0) is 4.74 Å². The molecule has 0 aromatic carbocycles. The van der Waals surface area contributed by atoms with Gasteiger partial charge in [-0.05, 0) is 26.0 Å². The molecular formula is C12H17NO4S. The van der Waals surface area contributed by atoms with E-state index < -0.39 is 5.97 Å². The van der Waals surface area contributed by atoms with Gasteiger partial charge in [0.2, 0.25) is 0 Å². The molecule has 100 valence electrons. The lowest BCUT2D eigenvalue weighted by Crippen LogP contribution is -2.30. The fourth-order valence-corrected chi connectivity index (χ4v) is 2.12. The predicted octanol–water partition coefficient (Wildman–Crippen LogP) is 1.94. The number of thiophene rings is 1. The normalized spacial score (nSPS) is 10.7. The molecule has 1 amide bonds. The van der Waals surface area contributed by atoms with Gasteiger partial charge in [0, 0.05) is 13.6 Å². The summed E-state index contributed by atoms with van der Waals surface area (Å²) in [5, 5.41) is 8.79. The predicted molar refractivity (Wildman–Crippen MR) is 69.3 cm³/mol. The van der Waals surface area contributed by atoms with E-state index >= 15 is 0 Å². The number of hydrogen-bond acceptors (Lipinski definition) is 4. The number of amides is 1. The van der Waals surface area contributed by atoms with Crippen molar-refractivity contribution < 1.29 is 19.4 Å². The quantitative estimate of drug-likeness (QED) is 0.858. The average Bonchev–Trinajstić information content (AvgIpc) is 2.76. The van der Waals surface area contributed by atoms with Crippen molar-refractivity contribution in [1.82, 2.24) is 4.90 Å². The summed E-state index contributed by atoms with van der Waals surface area (Å²) in [5.74, 6) is -1.19. The number of aromatic carboxylic acids is 1. The number of carboxylic acid groups (broad SMARTS) is 1. The van der Waals surface area contributed by atoms with E-state index in [4.69, 9.17) is 9.84 Å². The Balaban J connectivity index is 2.54. The van der Waals surface area contributed by atoms with Crippen LogP contribution < -0.4 is 0 Å². The van der Waals surface area contributed by atoms with Crippen LogP contribution in [0.1, 0.15) is 33.2 Å². The van der Waals surface area contributed by atoms with Crippen LogP contribution in [0.15, 0.2) is 12.1 Å². The van der Waals surface area contributed by atoms with Gasteiger partial charge in [-0.3, -0.25) is 4.79 Å². The van der Waals surface area contributed by atoms with Crippen LogP contribution in [0, 0.1) is 0 Å². The van der Waals surface area contributed by atoms with Gasteiger partial charge in [-0.1, -0.05) is 0 Å². The fraction of sp³-hybridized carbons (Fsp3) is 0.500. The van der Waals surface area contributed by atoms with Gasteiger partial charge in [0.15, 0.2) is 0 Å². The van der Waals surface area contributed by atoms with Crippen LogP contribution in [0.25, 0.3) is 0 Å². The van der Waals surface area contributed by atoms with Crippen LogP contribution in [-0.4, -0.2) is 48.2 Å². The van der Waals surface area contributed by atoms with Crippen molar-refractivity contribution in [2.24, 2.45) is 0 Å². The minimum absolute atomic E-state index is 0.133. The summed E-state index contributed by atoms with van der Waals surface area (Å²) in [6.07, 6.45) is 0.133. The summed E-state index contributed by atoms with van der Waals surface area (Å²) in [5.41, 5.74) is 0. The molecule has 0 saturated carbocycles. The van der Waals surface area contributed by atoms with Crippen molar-refractivity contribution >= 4 is 23.2 Å². The SMILES string of the molecule is CC(C)OCCN(C)C(=O)c1ccc(C(=O)O)s1. The molecule has 0 spiro atoms. The first-order valence-electron chi connectivity index (χ1n) is 5.62. The van der Waals surface area contributed by atoms with Gasteiger partial charge in [0.1, 0.15) is 4.88 Å². The van der Waals surface area contributed by atoms with Crippen LogP contribution in [0.5, 0.6) is 0 Å². The maximum Gasteiger partial charge on any atom is 0.345 e. The van der Waals surface area contributed by atoms with Gasteiger partial charge in [-0.2, -0.15) is 0 Å². The summed E-state index contributed by atoms with van der Waals surface area (Å²) in [4.78, 5) is 24.8. The molecule has 6 heteroatoms. The number of ether oxygens (including phenoxy) is 1. The van der Waals surface area contributed by atoms with E-state index in [1.54, 1.807) is 7.05 Å². The smallest absolute Gasteiger partial charge is 0.345 e. The largest absolute Gasteiger partial charge is 0.477 e. The Labute approximate surface area is 110 Å². The lowest BCUT2D eigenvalue weighted by atomic mass is 10.4. The van der Waals surface area contributed by atoms with E-state index in [1.165, 1.54) is 17.0 Å². The first kappa shape index (κ1) is 14.7. The van der Waals surface area contributed by atoms with Gasteiger partial charge in [0.05, 0.1) is 17.6 Å². The molecule has 1 aromatic rings. The second kappa shape index (κ2) is 6.51. The Morgan fingerprint density at radius 3 is 2.50 bits per heavy atom. The molecule has 0 aliphatic heterocycles. The first-order valence-corrected chi connectivity index (χ1v) is 6.43. The summed E-state index contributed by atoms with van der Waals surface area (Å²) in [6.45, 7) is 4.81. The highest BCUT2D eigenvalue weighted by Crippen LogP contribution is 2.17. The summed E-state index contributed by atoms with van der Waals surface area (Å²) in [7, 11) is 1.67. The second-order valence-corrected chi connectivity index (χ2v) is 5.20. The van der Waals surface area contributed by atoms with Gasteiger partial charge in [-0.25, -0.2) is 4.79 Å². The van der Waals surface area contributed by atoms with Gasteiger partial charge >= 0.3 is 5.97 Å². The highest BCUT2D eigenvalue weighted by Gasteiger charge is 2.16. The maximum atomic E-state index is 11.9. The fourth-order valence-electron chi connectivity index (χ4n) is 1.28. The number of likely N-dealkylation sites (N-methyl/N-ethyl adjacent to an activating group) is 1. The molecule has 1 aromatic heterocycles. The molecule has 18 heavy (non-hydrogen) atoms. The molecule has 1 rings (SSSR count). The molecule has 5 nitrogen and oxygen atoms in total. The minimum atomic E-state index is -1.01. The van der Waals surface area contributed by atoms with Crippen LogP contribution in [0.3, 0.4) is 0 Å². The molecule has 0 radical (unpaired) electrons. The van der Waals surface area contributed by atoms with E-state index in [2.05, 4.69) is 0 Å². The third-order valence-electron chi connectivity index (χ3n) is 2.25. The number of hydrogen-bond donors (Lipinski definition) is 1. The summed E-state index contributed by atoms with van der Waals surface area (Å²) in [6, 6.07) is 2.98. The number of nitrogens with zero attached hydrogens (tertiary/aromatic N) is 1. The zero-order chi connectivity index (χ0) is 13.7. The molecule has 0 unspecified atom stereocenters. The summed E-state index contributed by atoms with van der Waals surface area (Å²) < 4.78 is 5.36. The monoisotopic (exact) mass is 271 g/mol. The zero-order valence-electron chi connectivity index (χ0n) is 10.7. The Bertz CT molecular complexity index is 427. The molecule has 0 saturated heterocycles. The second-order valence-electron chi connectivity index (χ2n) is 4.12. The highest BCUT2D eigenvalue weighted by atomic mass is 32.1. The topological polar surface area (TPSA) is 66.8 Å². The Morgan fingerprint density at radius 2 is 2.00 bits per heavy atom. The van der Waals surface area contributed by atoms with Crippen molar-refractivity contribution in [2.45, 2.75) is 20.0 Å². The van der Waals surface area contributed by atoms with E-state index in [9.17, 15) is 9.59 Å². The third-order valence-corrected chi connectivity index (χ3v) is 3.31. The Kier molecular flexibility index (Phi) is 5.30. The molecule has 0 bridgehead atoms. The first-order chi connectivity index (χ1) is 8.41. The minimum Gasteiger partial charge on any atom is -0.477 e. The zero-order valence-corrected chi connectivity index (χ0v) is 11.5.